The van der Waals surface area contributed by atoms with Gasteiger partial charge < -0.3 is 4.90 Å². The predicted octanol–water partition coefficient (Wildman–Crippen LogP) is 1.78. The van der Waals surface area contributed by atoms with Gasteiger partial charge in [0.05, 0.1) is 12.1 Å². The number of likely N-dealkylation sites (N-methyl/N-ethyl adjacent to an activating group) is 1. The van der Waals surface area contributed by atoms with Crippen molar-refractivity contribution in [3.05, 3.63) is 17.0 Å². The zero-order valence-electron chi connectivity index (χ0n) is 11.2. The van der Waals surface area contributed by atoms with Crippen LogP contribution in [0.3, 0.4) is 0 Å². The van der Waals surface area contributed by atoms with Gasteiger partial charge >= 0.3 is 0 Å². The number of carbonyl (C=O) groups excluding carboxylic acids is 1. The summed E-state index contributed by atoms with van der Waals surface area (Å²) in [5, 5.41) is 7.02. The molecule has 0 saturated heterocycles. The lowest BCUT2D eigenvalue weighted by Gasteiger charge is -2.24. The van der Waals surface area contributed by atoms with Crippen LogP contribution in [-0.4, -0.2) is 46.1 Å². The fourth-order valence-corrected chi connectivity index (χ4v) is 2.42. The fraction of sp³-hybridized carbons (Fsp3) is 0.667. The number of aryl methyl sites for hydroxylation is 2. The first-order chi connectivity index (χ1) is 7.97. The molecule has 0 saturated carbocycles. The second-order valence-electron chi connectivity index (χ2n) is 4.40. The topological polar surface area (TPSA) is 49.0 Å². The van der Waals surface area contributed by atoms with Gasteiger partial charge in [0.1, 0.15) is 0 Å². The summed E-state index contributed by atoms with van der Waals surface area (Å²) in [6.45, 7) is 5.95. The molecule has 0 radical (unpaired) electrons. The third-order valence-electron chi connectivity index (χ3n) is 3.07. The van der Waals surface area contributed by atoms with E-state index in [0.29, 0.717) is 6.42 Å². The van der Waals surface area contributed by atoms with E-state index in [1.54, 1.807) is 11.8 Å². The molecule has 0 fully saturated rings. The van der Waals surface area contributed by atoms with Gasteiger partial charge in [-0.3, -0.25) is 9.89 Å². The average molecular weight is 255 g/mol. The number of hydrogen-bond donors (Lipinski definition) is 1. The van der Waals surface area contributed by atoms with E-state index < -0.39 is 0 Å². The first kappa shape index (κ1) is 14.1. The Balaban J connectivity index is 2.66. The molecule has 4 nitrogen and oxygen atoms in total. The zero-order chi connectivity index (χ0) is 13.0. The molecule has 1 aromatic rings. The molecular weight excluding hydrogens is 234 g/mol. The third kappa shape index (κ3) is 3.49. The van der Waals surface area contributed by atoms with Crippen molar-refractivity contribution in [1.29, 1.82) is 0 Å². The number of thioether (sulfide) groups is 1. The van der Waals surface area contributed by atoms with Crippen molar-refractivity contribution in [2.75, 3.05) is 19.1 Å². The first-order valence-electron chi connectivity index (χ1n) is 5.72. The van der Waals surface area contributed by atoms with Crippen LogP contribution in [0.25, 0.3) is 0 Å². The highest BCUT2D eigenvalue weighted by molar-refractivity contribution is 7.98. The molecule has 5 heteroatoms. The molecule has 0 aliphatic rings. The number of rotatable bonds is 5. The molecule has 0 aliphatic carbocycles. The molecule has 1 atom stereocenters. The minimum atomic E-state index is 0.152. The summed E-state index contributed by atoms with van der Waals surface area (Å²) in [6.07, 6.45) is 2.49. The van der Waals surface area contributed by atoms with Gasteiger partial charge in [0, 0.05) is 30.1 Å². The van der Waals surface area contributed by atoms with Crippen molar-refractivity contribution < 1.29 is 4.79 Å². The minimum absolute atomic E-state index is 0.152. The first-order valence-corrected chi connectivity index (χ1v) is 7.11. The fourth-order valence-electron chi connectivity index (χ4n) is 1.71. The van der Waals surface area contributed by atoms with Crippen LogP contribution >= 0.6 is 11.8 Å². The Bertz CT molecular complexity index is 370. The highest BCUT2D eigenvalue weighted by Crippen LogP contribution is 2.12. The van der Waals surface area contributed by atoms with Crippen molar-refractivity contribution >= 4 is 17.7 Å². The Morgan fingerprint density at radius 2 is 2.18 bits per heavy atom. The zero-order valence-corrected chi connectivity index (χ0v) is 12.0. The lowest BCUT2D eigenvalue weighted by molar-refractivity contribution is -0.130. The van der Waals surface area contributed by atoms with Gasteiger partial charge in [-0.05, 0) is 27.0 Å². The van der Waals surface area contributed by atoms with Gasteiger partial charge in [-0.25, -0.2) is 0 Å². The molecule has 17 heavy (non-hydrogen) atoms. The van der Waals surface area contributed by atoms with Crippen LogP contribution < -0.4 is 0 Å². The monoisotopic (exact) mass is 255 g/mol. The molecule has 96 valence electrons. The summed E-state index contributed by atoms with van der Waals surface area (Å²) in [5.41, 5.74) is 2.93. The summed E-state index contributed by atoms with van der Waals surface area (Å²) in [5.74, 6) is 1.12. The van der Waals surface area contributed by atoms with E-state index in [1.165, 1.54) is 0 Å². The normalized spacial score (nSPS) is 12.5. The molecule has 1 aromatic heterocycles. The van der Waals surface area contributed by atoms with Gasteiger partial charge in [-0.1, -0.05) is 0 Å². The standard InChI is InChI=1S/C12H21N3OS/c1-8(7-17-5)15(4)12(16)6-11-9(2)13-14-10(11)3/h8H,6-7H2,1-5H3,(H,13,14)/t8-/m1/s1. The van der Waals surface area contributed by atoms with Crippen LogP contribution in [-0.2, 0) is 11.2 Å². The van der Waals surface area contributed by atoms with Crippen LogP contribution in [0.2, 0.25) is 0 Å². The SMILES string of the molecule is CSC[C@@H](C)N(C)C(=O)Cc1c(C)n[nH]c1C. The van der Waals surface area contributed by atoms with E-state index >= 15 is 0 Å². The van der Waals surface area contributed by atoms with Gasteiger partial charge in [0.25, 0.3) is 0 Å². The van der Waals surface area contributed by atoms with Gasteiger partial charge in [0.15, 0.2) is 0 Å². The van der Waals surface area contributed by atoms with Crippen LogP contribution in [0, 0.1) is 13.8 Å². The highest BCUT2D eigenvalue weighted by Gasteiger charge is 2.18. The quantitative estimate of drug-likeness (QED) is 0.872. The Hall–Kier alpha value is -0.970. The smallest absolute Gasteiger partial charge is 0.227 e. The molecule has 0 aromatic carbocycles. The Morgan fingerprint density at radius 3 is 2.65 bits per heavy atom. The van der Waals surface area contributed by atoms with E-state index in [9.17, 15) is 4.79 Å². The summed E-state index contributed by atoms with van der Waals surface area (Å²) in [6, 6.07) is 0.269. The van der Waals surface area contributed by atoms with E-state index in [0.717, 1.165) is 22.7 Å². The average Bonchev–Trinajstić information content (AvgIpc) is 2.60. The van der Waals surface area contributed by atoms with Crippen LogP contribution in [0.1, 0.15) is 23.9 Å². The number of hydrogen-bond acceptors (Lipinski definition) is 3. The van der Waals surface area contributed by atoms with Crippen LogP contribution in [0.4, 0.5) is 0 Å². The summed E-state index contributed by atoms with van der Waals surface area (Å²) in [4.78, 5) is 13.9. The summed E-state index contributed by atoms with van der Waals surface area (Å²) in [7, 11) is 1.87. The second kappa shape index (κ2) is 6.10. The minimum Gasteiger partial charge on any atom is -0.342 e. The maximum Gasteiger partial charge on any atom is 0.227 e. The van der Waals surface area contributed by atoms with Crippen molar-refractivity contribution in [1.82, 2.24) is 15.1 Å². The van der Waals surface area contributed by atoms with Crippen LogP contribution in [0.5, 0.6) is 0 Å². The number of aromatic nitrogens is 2. The molecule has 0 spiro atoms. The van der Waals surface area contributed by atoms with Gasteiger partial charge in [-0.15, -0.1) is 0 Å². The number of aromatic amines is 1. The Labute approximate surface area is 107 Å². The van der Waals surface area contributed by atoms with Crippen molar-refractivity contribution in [3.8, 4) is 0 Å². The van der Waals surface area contributed by atoms with Crippen molar-refractivity contribution in [2.45, 2.75) is 33.2 Å². The van der Waals surface area contributed by atoms with E-state index in [4.69, 9.17) is 0 Å². The molecule has 1 heterocycles. The summed E-state index contributed by atoms with van der Waals surface area (Å²) < 4.78 is 0. The number of nitrogens with one attached hydrogen (secondary N) is 1. The van der Waals surface area contributed by atoms with Crippen molar-refractivity contribution in [3.63, 3.8) is 0 Å². The number of nitrogens with zero attached hydrogens (tertiary/aromatic N) is 2. The number of carbonyl (C=O) groups is 1. The predicted molar refractivity (Wildman–Crippen MR) is 72.4 cm³/mol. The molecule has 1 N–H and O–H groups in total. The molecular formula is C12H21N3OS. The number of H-pyrrole nitrogens is 1. The Morgan fingerprint density at radius 1 is 1.53 bits per heavy atom. The third-order valence-corrected chi connectivity index (χ3v) is 3.89. The van der Waals surface area contributed by atoms with Gasteiger partial charge in [-0.2, -0.15) is 16.9 Å². The second-order valence-corrected chi connectivity index (χ2v) is 5.31. The molecule has 0 aliphatic heterocycles. The maximum atomic E-state index is 12.1. The molecule has 1 amide bonds. The number of amides is 1. The Kier molecular flexibility index (Phi) is 5.05. The molecule has 0 unspecified atom stereocenters. The molecule has 1 rings (SSSR count). The lowest BCUT2D eigenvalue weighted by Crippen LogP contribution is -2.37. The van der Waals surface area contributed by atoms with Crippen LogP contribution in [0.15, 0.2) is 0 Å². The van der Waals surface area contributed by atoms with E-state index in [2.05, 4.69) is 23.4 Å². The van der Waals surface area contributed by atoms with E-state index in [1.807, 2.05) is 25.8 Å². The largest absolute Gasteiger partial charge is 0.342 e. The summed E-state index contributed by atoms with van der Waals surface area (Å²) >= 11 is 1.76. The lowest BCUT2D eigenvalue weighted by atomic mass is 10.1. The van der Waals surface area contributed by atoms with Gasteiger partial charge in [0.2, 0.25) is 5.91 Å². The van der Waals surface area contributed by atoms with Crippen molar-refractivity contribution in [2.24, 2.45) is 0 Å². The maximum absolute atomic E-state index is 12.1. The molecule has 0 bridgehead atoms. The van der Waals surface area contributed by atoms with E-state index in [-0.39, 0.29) is 11.9 Å². The highest BCUT2D eigenvalue weighted by atomic mass is 32.2.